The molecule has 2 aromatic heterocycles. The van der Waals surface area contributed by atoms with Crippen LogP contribution in [0.25, 0.3) is 11.0 Å². The zero-order chi connectivity index (χ0) is 21.3. The van der Waals surface area contributed by atoms with Crippen LogP contribution in [0.2, 0.25) is 5.02 Å². The van der Waals surface area contributed by atoms with Crippen molar-refractivity contribution < 1.29 is 4.79 Å². The number of benzene rings is 1. The summed E-state index contributed by atoms with van der Waals surface area (Å²) in [5.41, 5.74) is 1.76. The van der Waals surface area contributed by atoms with E-state index in [1.165, 1.54) is 0 Å². The highest BCUT2D eigenvalue weighted by atomic mass is 35.5. The van der Waals surface area contributed by atoms with E-state index in [0.717, 1.165) is 43.0 Å². The van der Waals surface area contributed by atoms with Crippen LogP contribution in [0.3, 0.4) is 0 Å². The van der Waals surface area contributed by atoms with Crippen molar-refractivity contribution in [3.63, 3.8) is 0 Å². The standard InChI is InChI=1S/C20H21ClN8O/c1-13(20(30)26-15-4-3-14(10-22)17(21)9-15)28-5-7-29(8-6-28)19-16-11-25-27(2)18(16)23-12-24-19/h3-4,9,11-13H,5-8H2,1-2H3,(H,26,30)/t13-/m1/s1. The monoisotopic (exact) mass is 424 g/mol. The minimum atomic E-state index is -0.301. The molecule has 10 heteroatoms. The third-order valence-corrected chi connectivity index (χ3v) is 5.72. The number of amides is 1. The molecule has 30 heavy (non-hydrogen) atoms. The molecule has 0 unspecified atom stereocenters. The van der Waals surface area contributed by atoms with E-state index < -0.39 is 0 Å². The van der Waals surface area contributed by atoms with Crippen LogP contribution in [-0.4, -0.2) is 62.8 Å². The average Bonchev–Trinajstić information content (AvgIpc) is 3.14. The summed E-state index contributed by atoms with van der Waals surface area (Å²) in [5, 5.41) is 17.4. The number of hydrogen-bond acceptors (Lipinski definition) is 7. The number of aryl methyl sites for hydroxylation is 1. The molecule has 1 aliphatic rings. The predicted molar refractivity (Wildman–Crippen MR) is 114 cm³/mol. The summed E-state index contributed by atoms with van der Waals surface area (Å²) in [7, 11) is 1.86. The molecule has 1 aromatic carbocycles. The first-order chi connectivity index (χ1) is 14.5. The fourth-order valence-electron chi connectivity index (χ4n) is 3.62. The highest BCUT2D eigenvalue weighted by molar-refractivity contribution is 6.32. The van der Waals surface area contributed by atoms with E-state index in [9.17, 15) is 4.79 Å². The minimum Gasteiger partial charge on any atom is -0.353 e. The van der Waals surface area contributed by atoms with Gasteiger partial charge in [-0.15, -0.1) is 0 Å². The molecular weight excluding hydrogens is 404 g/mol. The lowest BCUT2D eigenvalue weighted by Crippen LogP contribution is -2.53. The lowest BCUT2D eigenvalue weighted by atomic mass is 10.2. The Labute approximate surface area is 178 Å². The van der Waals surface area contributed by atoms with Crippen molar-refractivity contribution in [1.29, 1.82) is 5.26 Å². The molecule has 3 heterocycles. The number of carbonyl (C=O) groups is 1. The van der Waals surface area contributed by atoms with Gasteiger partial charge in [0.15, 0.2) is 5.65 Å². The smallest absolute Gasteiger partial charge is 0.241 e. The average molecular weight is 425 g/mol. The molecule has 3 aromatic rings. The zero-order valence-corrected chi connectivity index (χ0v) is 17.5. The van der Waals surface area contributed by atoms with Gasteiger partial charge in [0, 0.05) is 38.9 Å². The highest BCUT2D eigenvalue weighted by Gasteiger charge is 2.27. The van der Waals surface area contributed by atoms with Crippen LogP contribution in [0, 0.1) is 11.3 Å². The summed E-state index contributed by atoms with van der Waals surface area (Å²) in [6.07, 6.45) is 3.35. The van der Waals surface area contributed by atoms with Crippen LogP contribution in [-0.2, 0) is 11.8 Å². The summed E-state index contributed by atoms with van der Waals surface area (Å²) < 4.78 is 1.73. The summed E-state index contributed by atoms with van der Waals surface area (Å²) >= 11 is 6.05. The number of carbonyl (C=O) groups excluding carboxylic acids is 1. The maximum absolute atomic E-state index is 12.7. The molecule has 1 aliphatic heterocycles. The first kappa shape index (κ1) is 20.1. The molecule has 4 rings (SSSR count). The van der Waals surface area contributed by atoms with E-state index in [1.807, 2.05) is 20.0 Å². The molecule has 0 aliphatic carbocycles. The van der Waals surface area contributed by atoms with E-state index in [-0.39, 0.29) is 11.9 Å². The van der Waals surface area contributed by atoms with Crippen LogP contribution in [0.15, 0.2) is 30.7 Å². The van der Waals surface area contributed by atoms with E-state index >= 15 is 0 Å². The van der Waals surface area contributed by atoms with Crippen molar-refractivity contribution >= 4 is 40.0 Å². The Bertz CT molecular complexity index is 1130. The molecule has 0 saturated carbocycles. The molecule has 1 N–H and O–H groups in total. The summed E-state index contributed by atoms with van der Waals surface area (Å²) in [4.78, 5) is 25.8. The molecule has 1 atom stereocenters. The Morgan fingerprint density at radius 3 is 2.73 bits per heavy atom. The first-order valence-corrected chi connectivity index (χ1v) is 9.98. The summed E-state index contributed by atoms with van der Waals surface area (Å²) in [5.74, 6) is 0.762. The van der Waals surface area contributed by atoms with Gasteiger partial charge in [-0.2, -0.15) is 10.4 Å². The second-order valence-electron chi connectivity index (χ2n) is 7.20. The van der Waals surface area contributed by atoms with Gasteiger partial charge in [-0.3, -0.25) is 14.4 Å². The number of piperazine rings is 1. The Kier molecular flexibility index (Phi) is 5.53. The van der Waals surface area contributed by atoms with Gasteiger partial charge in [0.25, 0.3) is 0 Å². The SMILES string of the molecule is C[C@H](C(=O)Nc1ccc(C#N)c(Cl)c1)N1CCN(c2ncnc3c2cnn3C)CC1. The minimum absolute atomic E-state index is 0.110. The van der Waals surface area contributed by atoms with Crippen LogP contribution in [0.1, 0.15) is 12.5 Å². The number of fused-ring (bicyclic) bond motifs is 1. The number of hydrogen-bond donors (Lipinski definition) is 1. The quantitative estimate of drug-likeness (QED) is 0.683. The third kappa shape index (κ3) is 3.79. The van der Waals surface area contributed by atoms with Gasteiger partial charge in [-0.1, -0.05) is 11.6 Å². The fourth-order valence-corrected chi connectivity index (χ4v) is 3.84. The molecule has 0 bridgehead atoms. The zero-order valence-electron chi connectivity index (χ0n) is 16.7. The van der Waals surface area contributed by atoms with E-state index in [0.29, 0.717) is 16.3 Å². The van der Waals surface area contributed by atoms with Crippen molar-refractivity contribution in [2.24, 2.45) is 7.05 Å². The Hall–Kier alpha value is -3.22. The normalized spacial score (nSPS) is 15.7. The number of rotatable bonds is 4. The first-order valence-electron chi connectivity index (χ1n) is 9.60. The fraction of sp³-hybridized carbons (Fsp3) is 0.350. The van der Waals surface area contributed by atoms with E-state index in [2.05, 4.69) is 30.2 Å². The second kappa shape index (κ2) is 8.26. The van der Waals surface area contributed by atoms with E-state index in [4.69, 9.17) is 16.9 Å². The number of halogens is 1. The largest absolute Gasteiger partial charge is 0.353 e. The molecule has 1 saturated heterocycles. The molecule has 0 spiro atoms. The summed E-state index contributed by atoms with van der Waals surface area (Å²) in [6.45, 7) is 4.85. The van der Waals surface area contributed by atoms with Crippen molar-refractivity contribution in [1.82, 2.24) is 24.6 Å². The number of nitriles is 1. The Balaban J connectivity index is 1.39. The third-order valence-electron chi connectivity index (χ3n) is 5.41. The van der Waals surface area contributed by atoms with Crippen LogP contribution in [0.4, 0.5) is 11.5 Å². The molecule has 1 amide bonds. The van der Waals surface area contributed by atoms with Gasteiger partial charge in [0.05, 0.1) is 28.2 Å². The van der Waals surface area contributed by atoms with Gasteiger partial charge in [-0.25, -0.2) is 9.97 Å². The van der Waals surface area contributed by atoms with Crippen molar-refractivity contribution in [2.45, 2.75) is 13.0 Å². The lowest BCUT2D eigenvalue weighted by Gasteiger charge is -2.38. The molecule has 0 radical (unpaired) electrons. The van der Waals surface area contributed by atoms with Crippen molar-refractivity contribution in [3.05, 3.63) is 41.3 Å². The number of aromatic nitrogens is 4. The Morgan fingerprint density at radius 1 is 1.27 bits per heavy atom. The van der Waals surface area contributed by atoms with Gasteiger partial charge < -0.3 is 10.2 Å². The van der Waals surface area contributed by atoms with Gasteiger partial charge in [0.1, 0.15) is 18.2 Å². The van der Waals surface area contributed by atoms with Gasteiger partial charge in [0.2, 0.25) is 5.91 Å². The maximum atomic E-state index is 12.7. The lowest BCUT2D eigenvalue weighted by molar-refractivity contribution is -0.120. The van der Waals surface area contributed by atoms with Crippen molar-refractivity contribution in [3.8, 4) is 6.07 Å². The van der Waals surface area contributed by atoms with Crippen LogP contribution < -0.4 is 10.2 Å². The topological polar surface area (TPSA) is 103 Å². The molecule has 1 fully saturated rings. The van der Waals surface area contributed by atoms with Crippen molar-refractivity contribution in [2.75, 3.05) is 36.4 Å². The number of anilines is 2. The molecular formula is C20H21ClN8O. The predicted octanol–water partition coefficient (Wildman–Crippen LogP) is 2.04. The number of nitrogens with zero attached hydrogens (tertiary/aromatic N) is 7. The van der Waals surface area contributed by atoms with Gasteiger partial charge in [-0.05, 0) is 25.1 Å². The van der Waals surface area contributed by atoms with Gasteiger partial charge >= 0.3 is 0 Å². The Morgan fingerprint density at radius 2 is 2.03 bits per heavy atom. The maximum Gasteiger partial charge on any atom is 0.241 e. The second-order valence-corrected chi connectivity index (χ2v) is 7.60. The summed E-state index contributed by atoms with van der Waals surface area (Å²) in [6, 6.07) is 6.58. The molecule has 154 valence electrons. The number of nitrogens with one attached hydrogen (secondary N) is 1. The highest BCUT2D eigenvalue weighted by Crippen LogP contribution is 2.24. The van der Waals surface area contributed by atoms with Crippen LogP contribution >= 0.6 is 11.6 Å². The van der Waals surface area contributed by atoms with E-state index in [1.54, 1.807) is 35.4 Å². The molecule has 9 nitrogen and oxygen atoms in total. The van der Waals surface area contributed by atoms with Crippen LogP contribution in [0.5, 0.6) is 0 Å².